The number of para-hydroxylation sites is 2. The Bertz CT molecular complexity index is 844. The van der Waals surface area contributed by atoms with Crippen molar-refractivity contribution >= 4 is 28.6 Å². The third-order valence-corrected chi connectivity index (χ3v) is 5.08. The van der Waals surface area contributed by atoms with Gasteiger partial charge in [-0.15, -0.1) is 11.3 Å². The van der Waals surface area contributed by atoms with Crippen molar-refractivity contribution in [3.05, 3.63) is 52.2 Å². The van der Waals surface area contributed by atoms with Crippen molar-refractivity contribution in [3.63, 3.8) is 0 Å². The molecule has 1 aliphatic heterocycles. The number of carbonyl (C=O) groups is 1. The molecule has 0 saturated carbocycles. The van der Waals surface area contributed by atoms with Gasteiger partial charge in [0.1, 0.15) is 18.2 Å². The summed E-state index contributed by atoms with van der Waals surface area (Å²) in [5, 5.41) is 6.87. The average Bonchev–Trinajstić information content (AvgIpc) is 3.30. The van der Waals surface area contributed by atoms with Crippen molar-refractivity contribution < 1.29 is 19.0 Å². The Morgan fingerprint density at radius 2 is 2.12 bits per heavy atom. The van der Waals surface area contributed by atoms with Gasteiger partial charge in [-0.25, -0.2) is 9.78 Å². The van der Waals surface area contributed by atoms with E-state index in [-0.39, 0.29) is 13.2 Å². The first-order chi connectivity index (χ1) is 11.8. The van der Waals surface area contributed by atoms with E-state index < -0.39 is 12.1 Å². The Labute approximate surface area is 146 Å². The zero-order valence-electron chi connectivity index (χ0n) is 12.5. The molecular formula is C17H13NO4S2. The van der Waals surface area contributed by atoms with Crippen LogP contribution >= 0.6 is 22.7 Å². The minimum absolute atomic E-state index is 0.126. The largest absolute Gasteiger partial charge is 0.485 e. The maximum Gasteiger partial charge on any atom is 0.351 e. The van der Waals surface area contributed by atoms with Crippen LogP contribution in [0, 0.1) is 0 Å². The number of hydrogen-bond donors (Lipinski definition) is 0. The van der Waals surface area contributed by atoms with Crippen LogP contribution in [0.4, 0.5) is 0 Å². The number of benzene rings is 1. The number of aromatic nitrogens is 1. The monoisotopic (exact) mass is 359 g/mol. The van der Waals surface area contributed by atoms with Crippen LogP contribution in [-0.4, -0.2) is 23.7 Å². The zero-order valence-corrected chi connectivity index (χ0v) is 14.1. The fourth-order valence-electron chi connectivity index (χ4n) is 2.27. The maximum atomic E-state index is 12.2. The average molecular weight is 359 g/mol. The highest BCUT2D eigenvalue weighted by molar-refractivity contribution is 7.14. The third-order valence-electron chi connectivity index (χ3n) is 3.45. The van der Waals surface area contributed by atoms with Crippen LogP contribution in [0.15, 0.2) is 46.5 Å². The number of thiazole rings is 1. The summed E-state index contributed by atoms with van der Waals surface area (Å²) in [7, 11) is 0. The molecule has 0 unspecified atom stereocenters. The minimum atomic E-state index is -0.755. The second-order valence-corrected chi connectivity index (χ2v) is 6.77. The summed E-state index contributed by atoms with van der Waals surface area (Å²) >= 11 is 3.16. The molecule has 5 nitrogen and oxygen atoms in total. The molecule has 1 aromatic carbocycles. The van der Waals surface area contributed by atoms with Gasteiger partial charge >= 0.3 is 5.97 Å². The van der Waals surface area contributed by atoms with Crippen molar-refractivity contribution in [1.82, 2.24) is 4.98 Å². The van der Waals surface area contributed by atoms with Gasteiger partial charge in [-0.3, -0.25) is 0 Å². The number of fused-ring (bicyclic) bond motifs is 1. The lowest BCUT2D eigenvalue weighted by molar-refractivity contribution is -0.156. The maximum absolute atomic E-state index is 12.2. The van der Waals surface area contributed by atoms with E-state index in [9.17, 15) is 4.79 Å². The highest BCUT2D eigenvalue weighted by atomic mass is 32.1. The summed E-state index contributed by atoms with van der Waals surface area (Å²) in [5.41, 5.74) is 1.81. The minimum Gasteiger partial charge on any atom is -0.485 e. The van der Waals surface area contributed by atoms with Gasteiger partial charge in [0, 0.05) is 16.3 Å². The number of ether oxygens (including phenoxy) is 3. The van der Waals surface area contributed by atoms with Gasteiger partial charge in [0.2, 0.25) is 6.10 Å². The van der Waals surface area contributed by atoms with Crippen LogP contribution in [0.25, 0.3) is 10.6 Å². The molecule has 7 heteroatoms. The van der Waals surface area contributed by atoms with Crippen molar-refractivity contribution in [2.45, 2.75) is 12.7 Å². The lowest BCUT2D eigenvalue weighted by Crippen LogP contribution is -2.37. The molecule has 0 bridgehead atoms. The van der Waals surface area contributed by atoms with Gasteiger partial charge < -0.3 is 14.2 Å². The van der Waals surface area contributed by atoms with E-state index in [0.717, 1.165) is 16.3 Å². The summed E-state index contributed by atoms with van der Waals surface area (Å²) in [5.74, 6) is 0.746. The van der Waals surface area contributed by atoms with E-state index in [1.165, 1.54) is 11.3 Å². The molecule has 0 amide bonds. The van der Waals surface area contributed by atoms with E-state index in [1.54, 1.807) is 23.5 Å². The van der Waals surface area contributed by atoms with Gasteiger partial charge in [-0.1, -0.05) is 12.1 Å². The number of carbonyl (C=O) groups excluding carboxylic acids is 1. The Kier molecular flexibility index (Phi) is 4.18. The quantitative estimate of drug-likeness (QED) is 0.664. The Hall–Kier alpha value is -2.38. The second kappa shape index (κ2) is 6.62. The lowest BCUT2D eigenvalue weighted by atomic mass is 10.2. The molecule has 0 aliphatic carbocycles. The molecule has 122 valence electrons. The SMILES string of the molecule is O=C(OCc1csc(-c2ccsc2)n1)[C@@H]1COc2ccccc2O1. The molecule has 3 aromatic rings. The second-order valence-electron chi connectivity index (χ2n) is 5.13. The number of rotatable bonds is 4. The molecule has 2 aromatic heterocycles. The summed E-state index contributed by atoms with van der Waals surface area (Å²) in [6.45, 7) is 0.272. The summed E-state index contributed by atoms with van der Waals surface area (Å²) in [6, 6.07) is 9.27. The molecule has 3 heterocycles. The molecular weight excluding hydrogens is 346 g/mol. The lowest BCUT2D eigenvalue weighted by Gasteiger charge is -2.24. The predicted octanol–water partition coefficient (Wildman–Crippen LogP) is 3.75. The molecule has 1 atom stereocenters. The Balaban J connectivity index is 1.36. The van der Waals surface area contributed by atoms with Crippen LogP contribution in [0.1, 0.15) is 5.69 Å². The van der Waals surface area contributed by atoms with Gasteiger partial charge in [0.25, 0.3) is 0 Å². The van der Waals surface area contributed by atoms with Gasteiger partial charge in [-0.05, 0) is 23.6 Å². The molecule has 0 radical (unpaired) electrons. The number of esters is 1. The van der Waals surface area contributed by atoms with Crippen molar-refractivity contribution in [3.8, 4) is 22.1 Å². The predicted molar refractivity (Wildman–Crippen MR) is 91.6 cm³/mol. The molecule has 4 rings (SSSR count). The van der Waals surface area contributed by atoms with Gasteiger partial charge in [0.15, 0.2) is 11.5 Å². The Morgan fingerprint density at radius 3 is 2.96 bits per heavy atom. The van der Waals surface area contributed by atoms with Crippen molar-refractivity contribution in [1.29, 1.82) is 0 Å². The summed E-state index contributed by atoms with van der Waals surface area (Å²) in [4.78, 5) is 16.6. The zero-order chi connectivity index (χ0) is 16.4. The molecule has 24 heavy (non-hydrogen) atoms. The van der Waals surface area contributed by atoms with Crippen molar-refractivity contribution in [2.75, 3.05) is 6.61 Å². The Morgan fingerprint density at radius 1 is 1.25 bits per heavy atom. The number of hydrogen-bond acceptors (Lipinski definition) is 7. The first-order valence-electron chi connectivity index (χ1n) is 7.32. The topological polar surface area (TPSA) is 57.7 Å². The smallest absolute Gasteiger partial charge is 0.351 e. The molecule has 0 saturated heterocycles. The number of nitrogens with zero attached hydrogens (tertiary/aromatic N) is 1. The summed E-state index contributed by atoms with van der Waals surface area (Å²) in [6.07, 6.45) is -0.755. The first kappa shape index (κ1) is 15.2. The van der Waals surface area contributed by atoms with Crippen molar-refractivity contribution in [2.24, 2.45) is 0 Å². The molecule has 0 N–H and O–H groups in total. The van der Waals surface area contributed by atoms with E-state index >= 15 is 0 Å². The summed E-state index contributed by atoms with van der Waals surface area (Å²) < 4.78 is 16.5. The third kappa shape index (κ3) is 3.13. The number of thiophene rings is 1. The van der Waals surface area contributed by atoms with Crippen LogP contribution in [0.2, 0.25) is 0 Å². The molecule has 1 aliphatic rings. The molecule has 0 fully saturated rings. The van der Waals surface area contributed by atoms with Crippen LogP contribution in [-0.2, 0) is 16.1 Å². The van der Waals surface area contributed by atoms with E-state index in [2.05, 4.69) is 4.98 Å². The van der Waals surface area contributed by atoms with Crippen LogP contribution < -0.4 is 9.47 Å². The fraction of sp³-hybridized carbons (Fsp3) is 0.176. The van der Waals surface area contributed by atoms with Gasteiger partial charge in [-0.2, -0.15) is 11.3 Å². The first-order valence-corrected chi connectivity index (χ1v) is 9.14. The van der Waals surface area contributed by atoms with Crippen LogP contribution in [0.5, 0.6) is 11.5 Å². The van der Waals surface area contributed by atoms with E-state index in [0.29, 0.717) is 11.5 Å². The van der Waals surface area contributed by atoms with Gasteiger partial charge in [0.05, 0.1) is 5.69 Å². The normalized spacial score (nSPS) is 15.9. The fourth-order valence-corrected chi connectivity index (χ4v) is 3.78. The highest BCUT2D eigenvalue weighted by Crippen LogP contribution is 2.31. The van der Waals surface area contributed by atoms with E-state index in [1.807, 2.05) is 34.3 Å². The van der Waals surface area contributed by atoms with Crippen LogP contribution in [0.3, 0.4) is 0 Å². The highest BCUT2D eigenvalue weighted by Gasteiger charge is 2.28. The van der Waals surface area contributed by atoms with E-state index in [4.69, 9.17) is 14.2 Å². The standard InChI is InChI=1S/C17H13NO4S2/c19-17(15-8-20-13-3-1-2-4-14(13)22-15)21-7-12-10-24-16(18-12)11-5-6-23-9-11/h1-6,9-10,15H,7-8H2/t15-/m0/s1. The molecule has 0 spiro atoms.